The van der Waals surface area contributed by atoms with Crippen molar-refractivity contribution in [2.24, 2.45) is 0 Å². The Hall–Kier alpha value is -2.95. The number of halogens is 1. The van der Waals surface area contributed by atoms with Crippen LogP contribution in [-0.2, 0) is 0 Å². The van der Waals surface area contributed by atoms with E-state index in [1.807, 2.05) is 6.07 Å². The molecule has 0 spiro atoms. The highest BCUT2D eigenvalue weighted by Gasteiger charge is 2.10. The second-order valence-electron chi connectivity index (χ2n) is 4.88. The number of aromatic nitrogens is 3. The summed E-state index contributed by atoms with van der Waals surface area (Å²) in [7, 11) is 0. The predicted octanol–water partition coefficient (Wildman–Crippen LogP) is 3.50. The quantitative estimate of drug-likeness (QED) is 0.560. The summed E-state index contributed by atoms with van der Waals surface area (Å²) in [5.74, 6) is 0.180. The third-order valence-electron chi connectivity index (χ3n) is 3.54. The molecule has 0 aliphatic carbocycles. The lowest BCUT2D eigenvalue weighted by atomic mass is 10.1. The lowest BCUT2D eigenvalue weighted by Gasteiger charge is -2.03. The van der Waals surface area contributed by atoms with Crippen LogP contribution in [0.2, 0.25) is 0 Å². The molecule has 0 bridgehead atoms. The monoisotopic (exact) mass is 278 g/mol. The average molecular weight is 278 g/mol. The minimum Gasteiger partial charge on any atom is -0.384 e. The van der Waals surface area contributed by atoms with Gasteiger partial charge in [0.05, 0.1) is 11.7 Å². The summed E-state index contributed by atoms with van der Waals surface area (Å²) < 4.78 is 13.9. The van der Waals surface area contributed by atoms with Crippen LogP contribution >= 0.6 is 0 Å². The molecule has 102 valence electrons. The maximum Gasteiger partial charge on any atom is 0.138 e. The summed E-state index contributed by atoms with van der Waals surface area (Å²) in [5, 5.41) is 1.84. The van der Waals surface area contributed by atoms with Crippen molar-refractivity contribution in [3.63, 3.8) is 0 Å². The molecule has 4 rings (SSSR count). The number of nitrogens with zero attached hydrogens (tertiary/aromatic N) is 2. The summed E-state index contributed by atoms with van der Waals surface area (Å²) in [6, 6.07) is 10.4. The highest BCUT2D eigenvalue weighted by molar-refractivity contribution is 6.07. The summed E-state index contributed by atoms with van der Waals surface area (Å²) in [6.07, 6.45) is 3.34. The lowest BCUT2D eigenvalue weighted by molar-refractivity contribution is 0.631. The van der Waals surface area contributed by atoms with Crippen molar-refractivity contribution >= 4 is 27.8 Å². The Morgan fingerprint density at radius 3 is 2.71 bits per heavy atom. The van der Waals surface area contributed by atoms with Gasteiger partial charge < -0.3 is 10.7 Å². The summed E-state index contributed by atoms with van der Waals surface area (Å²) in [5.41, 5.74) is 8.60. The number of hydrogen-bond acceptors (Lipinski definition) is 3. The molecule has 0 saturated carbocycles. The van der Waals surface area contributed by atoms with Gasteiger partial charge in [0.2, 0.25) is 0 Å². The standard InChI is InChI=1S/C16H11FN4/c17-13-4-2-1-3-10(13)9-5-12-11-6-15(18)19-8-14(11)21-16(12)20-7-9/h1-8H,(H2,18,19)(H,20,21). The molecule has 0 aliphatic rings. The first-order valence-electron chi connectivity index (χ1n) is 6.50. The van der Waals surface area contributed by atoms with Crippen LogP contribution in [-0.4, -0.2) is 15.0 Å². The summed E-state index contributed by atoms with van der Waals surface area (Å²) >= 11 is 0. The molecule has 5 heteroatoms. The molecule has 21 heavy (non-hydrogen) atoms. The maximum absolute atomic E-state index is 13.9. The fourth-order valence-corrected chi connectivity index (χ4v) is 2.53. The van der Waals surface area contributed by atoms with E-state index >= 15 is 0 Å². The zero-order valence-corrected chi connectivity index (χ0v) is 11.0. The zero-order chi connectivity index (χ0) is 14.4. The van der Waals surface area contributed by atoms with Crippen LogP contribution in [0.4, 0.5) is 10.2 Å². The van der Waals surface area contributed by atoms with Crippen molar-refractivity contribution in [2.45, 2.75) is 0 Å². The number of hydrogen-bond donors (Lipinski definition) is 2. The van der Waals surface area contributed by atoms with E-state index in [-0.39, 0.29) is 5.82 Å². The Labute approximate surface area is 119 Å². The predicted molar refractivity (Wildman–Crippen MR) is 81.2 cm³/mol. The SMILES string of the molecule is Nc1cc2c(cn1)[nH]c1ncc(-c3ccccc3F)cc12. The van der Waals surface area contributed by atoms with Crippen LogP contribution in [0.25, 0.3) is 33.1 Å². The Bertz CT molecular complexity index is 975. The topological polar surface area (TPSA) is 67.6 Å². The molecule has 0 saturated heterocycles. The molecular formula is C16H11FN4. The molecule has 0 radical (unpaired) electrons. The number of anilines is 1. The Balaban J connectivity index is 2.03. The minimum absolute atomic E-state index is 0.264. The van der Waals surface area contributed by atoms with Crippen LogP contribution < -0.4 is 5.73 Å². The first-order valence-corrected chi connectivity index (χ1v) is 6.50. The van der Waals surface area contributed by atoms with E-state index in [9.17, 15) is 4.39 Å². The van der Waals surface area contributed by atoms with E-state index in [1.54, 1.807) is 36.7 Å². The first kappa shape index (κ1) is 11.8. The van der Waals surface area contributed by atoms with Gasteiger partial charge in [0.15, 0.2) is 0 Å². The number of H-pyrrole nitrogens is 1. The fraction of sp³-hybridized carbons (Fsp3) is 0. The Morgan fingerprint density at radius 2 is 1.86 bits per heavy atom. The Kier molecular flexibility index (Phi) is 2.41. The second-order valence-corrected chi connectivity index (χ2v) is 4.88. The van der Waals surface area contributed by atoms with E-state index in [4.69, 9.17) is 5.73 Å². The summed E-state index contributed by atoms with van der Waals surface area (Å²) in [4.78, 5) is 11.6. The maximum atomic E-state index is 13.9. The van der Waals surface area contributed by atoms with E-state index in [1.165, 1.54) is 6.07 Å². The summed E-state index contributed by atoms with van der Waals surface area (Å²) in [6.45, 7) is 0. The molecule has 0 amide bonds. The number of nitrogen functional groups attached to an aromatic ring is 1. The number of fused-ring (bicyclic) bond motifs is 3. The van der Waals surface area contributed by atoms with Crippen molar-refractivity contribution in [2.75, 3.05) is 5.73 Å². The minimum atomic E-state index is -0.264. The molecule has 0 atom stereocenters. The molecule has 0 fully saturated rings. The van der Waals surface area contributed by atoms with Crippen LogP contribution in [0.1, 0.15) is 0 Å². The van der Waals surface area contributed by atoms with Crippen LogP contribution in [0.15, 0.2) is 48.8 Å². The molecular weight excluding hydrogens is 267 g/mol. The van der Waals surface area contributed by atoms with Gasteiger partial charge in [-0.05, 0) is 18.2 Å². The number of nitrogens with two attached hydrogens (primary N) is 1. The van der Waals surface area contributed by atoms with Gasteiger partial charge in [-0.1, -0.05) is 18.2 Å². The number of pyridine rings is 2. The molecule has 3 aromatic heterocycles. The van der Waals surface area contributed by atoms with Gasteiger partial charge in [0.1, 0.15) is 17.3 Å². The Morgan fingerprint density at radius 1 is 1.00 bits per heavy atom. The fourth-order valence-electron chi connectivity index (χ4n) is 2.53. The van der Waals surface area contributed by atoms with Gasteiger partial charge in [0, 0.05) is 28.1 Å². The molecule has 3 heterocycles. The normalized spacial score (nSPS) is 11.3. The lowest BCUT2D eigenvalue weighted by Crippen LogP contribution is -1.87. The van der Waals surface area contributed by atoms with Crippen LogP contribution in [0, 0.1) is 5.82 Å². The molecule has 4 nitrogen and oxygen atoms in total. The van der Waals surface area contributed by atoms with Crippen molar-refractivity contribution in [3.05, 3.63) is 54.6 Å². The first-order chi connectivity index (χ1) is 10.2. The molecule has 0 aliphatic heterocycles. The molecule has 3 N–H and O–H groups in total. The van der Waals surface area contributed by atoms with E-state index in [0.29, 0.717) is 11.4 Å². The van der Waals surface area contributed by atoms with Crippen LogP contribution in [0.3, 0.4) is 0 Å². The van der Waals surface area contributed by atoms with Crippen molar-refractivity contribution in [1.82, 2.24) is 15.0 Å². The second kappa shape index (κ2) is 4.28. The zero-order valence-electron chi connectivity index (χ0n) is 11.0. The van der Waals surface area contributed by atoms with E-state index in [0.717, 1.165) is 27.5 Å². The molecule has 1 aromatic carbocycles. The van der Waals surface area contributed by atoms with Crippen molar-refractivity contribution in [3.8, 4) is 11.1 Å². The van der Waals surface area contributed by atoms with E-state index in [2.05, 4.69) is 15.0 Å². The number of benzene rings is 1. The van der Waals surface area contributed by atoms with Gasteiger partial charge in [-0.3, -0.25) is 0 Å². The van der Waals surface area contributed by atoms with Gasteiger partial charge in [-0.25, -0.2) is 14.4 Å². The van der Waals surface area contributed by atoms with Gasteiger partial charge in [-0.2, -0.15) is 0 Å². The number of nitrogens with one attached hydrogen (secondary N) is 1. The molecule has 0 unspecified atom stereocenters. The molecule has 4 aromatic rings. The van der Waals surface area contributed by atoms with E-state index < -0.39 is 0 Å². The number of rotatable bonds is 1. The third kappa shape index (κ3) is 1.82. The van der Waals surface area contributed by atoms with Crippen LogP contribution in [0.5, 0.6) is 0 Å². The van der Waals surface area contributed by atoms with Gasteiger partial charge >= 0.3 is 0 Å². The smallest absolute Gasteiger partial charge is 0.138 e. The van der Waals surface area contributed by atoms with Crippen molar-refractivity contribution < 1.29 is 4.39 Å². The van der Waals surface area contributed by atoms with Gasteiger partial charge in [0.25, 0.3) is 0 Å². The third-order valence-corrected chi connectivity index (χ3v) is 3.54. The highest BCUT2D eigenvalue weighted by Crippen LogP contribution is 2.29. The largest absolute Gasteiger partial charge is 0.384 e. The highest BCUT2D eigenvalue weighted by atomic mass is 19.1. The average Bonchev–Trinajstić information content (AvgIpc) is 2.85. The number of aromatic amines is 1. The van der Waals surface area contributed by atoms with Crippen molar-refractivity contribution in [1.29, 1.82) is 0 Å². The van der Waals surface area contributed by atoms with Gasteiger partial charge in [-0.15, -0.1) is 0 Å².